The number of benzene rings is 1. The van der Waals surface area contributed by atoms with Gasteiger partial charge >= 0.3 is 0 Å². The molecule has 0 aliphatic rings. The number of nitrogen functional groups attached to an aromatic ring is 1. The number of hydrogen-bond acceptors (Lipinski definition) is 8. The molecule has 32 heavy (non-hydrogen) atoms. The van der Waals surface area contributed by atoms with Crippen molar-refractivity contribution in [2.75, 3.05) is 11.1 Å². The first kappa shape index (κ1) is 19.1. The number of anilines is 2. The highest BCUT2D eigenvalue weighted by Gasteiger charge is 2.17. The summed E-state index contributed by atoms with van der Waals surface area (Å²) in [4.78, 5) is 13.5. The third-order valence-corrected chi connectivity index (χ3v) is 4.95. The minimum Gasteiger partial charge on any atom is -0.383 e. The summed E-state index contributed by atoms with van der Waals surface area (Å²) in [5, 5.41) is 20.0. The predicted molar refractivity (Wildman–Crippen MR) is 121 cm³/mol. The summed E-state index contributed by atoms with van der Waals surface area (Å²) in [6.45, 7) is 0.537. The highest BCUT2D eigenvalue weighted by Crippen LogP contribution is 2.30. The van der Waals surface area contributed by atoms with Gasteiger partial charge in [-0.1, -0.05) is 12.1 Å². The molecule has 0 saturated carbocycles. The van der Waals surface area contributed by atoms with Crippen LogP contribution in [0, 0.1) is 11.3 Å². The Hall–Kier alpha value is -4.84. The van der Waals surface area contributed by atoms with E-state index in [4.69, 9.17) is 16.0 Å². The molecule has 0 saturated heterocycles. The lowest BCUT2D eigenvalue weighted by molar-refractivity contribution is 0.994. The normalized spacial score (nSPS) is 10.7. The van der Waals surface area contributed by atoms with E-state index in [0.717, 1.165) is 28.0 Å². The van der Waals surface area contributed by atoms with E-state index in [1.54, 1.807) is 18.5 Å². The first-order valence-electron chi connectivity index (χ1n) is 9.83. The van der Waals surface area contributed by atoms with Crippen molar-refractivity contribution in [2.45, 2.75) is 6.54 Å². The Morgan fingerprint density at radius 3 is 2.66 bits per heavy atom. The topological polar surface area (TPSA) is 131 Å². The van der Waals surface area contributed by atoms with Crippen molar-refractivity contribution in [1.29, 1.82) is 5.26 Å². The van der Waals surface area contributed by atoms with Crippen molar-refractivity contribution >= 4 is 22.8 Å². The Morgan fingerprint density at radius 2 is 1.84 bits per heavy atom. The van der Waals surface area contributed by atoms with Crippen LogP contribution in [0.5, 0.6) is 0 Å². The second-order valence-electron chi connectivity index (χ2n) is 7.01. The molecule has 154 valence electrons. The van der Waals surface area contributed by atoms with Crippen molar-refractivity contribution < 1.29 is 0 Å². The number of hydrogen-bond donors (Lipinski definition) is 2. The zero-order valence-electron chi connectivity index (χ0n) is 16.8. The fraction of sp³-hybridized carbons (Fsp3) is 0.0435. The first-order valence-corrected chi connectivity index (χ1v) is 9.83. The molecule has 0 unspecified atom stereocenters. The van der Waals surface area contributed by atoms with Crippen LogP contribution in [0.3, 0.4) is 0 Å². The van der Waals surface area contributed by atoms with Crippen LogP contribution in [-0.4, -0.2) is 29.7 Å². The van der Waals surface area contributed by atoms with E-state index in [-0.39, 0.29) is 0 Å². The van der Waals surface area contributed by atoms with E-state index in [1.807, 2.05) is 53.1 Å². The third-order valence-electron chi connectivity index (χ3n) is 4.95. The van der Waals surface area contributed by atoms with Crippen LogP contribution in [-0.2, 0) is 6.54 Å². The van der Waals surface area contributed by atoms with Crippen molar-refractivity contribution in [1.82, 2.24) is 29.7 Å². The van der Waals surface area contributed by atoms with E-state index in [2.05, 4.69) is 31.6 Å². The lowest BCUT2D eigenvalue weighted by atomic mass is 10.2. The van der Waals surface area contributed by atoms with Crippen molar-refractivity contribution in [3.63, 3.8) is 0 Å². The molecule has 5 rings (SSSR count). The van der Waals surface area contributed by atoms with Crippen LogP contribution in [0.1, 0.15) is 11.1 Å². The highest BCUT2D eigenvalue weighted by atomic mass is 15.2. The van der Waals surface area contributed by atoms with Gasteiger partial charge < -0.3 is 11.1 Å². The maximum Gasteiger partial charge on any atom is 0.164 e. The molecular formula is C23H17N9. The number of nitrogens with zero attached hydrogens (tertiary/aromatic N) is 7. The summed E-state index contributed by atoms with van der Waals surface area (Å²) in [5.41, 5.74) is 10.8. The van der Waals surface area contributed by atoms with Gasteiger partial charge in [0.2, 0.25) is 0 Å². The predicted octanol–water partition coefficient (Wildman–Crippen LogP) is 3.34. The number of imidazole rings is 1. The molecule has 0 aliphatic heterocycles. The summed E-state index contributed by atoms with van der Waals surface area (Å²) in [7, 11) is 0. The van der Waals surface area contributed by atoms with E-state index >= 15 is 0 Å². The second kappa shape index (κ2) is 8.12. The van der Waals surface area contributed by atoms with E-state index < -0.39 is 0 Å². The number of nitrogens with one attached hydrogen (secondary N) is 1. The van der Waals surface area contributed by atoms with Crippen LogP contribution in [0.25, 0.3) is 28.2 Å². The quantitative estimate of drug-likeness (QED) is 0.443. The molecule has 0 aliphatic carbocycles. The van der Waals surface area contributed by atoms with Crippen LogP contribution in [0.15, 0.2) is 73.2 Å². The van der Waals surface area contributed by atoms with Crippen LogP contribution < -0.4 is 11.1 Å². The van der Waals surface area contributed by atoms with Crippen LogP contribution in [0.4, 0.5) is 11.6 Å². The van der Waals surface area contributed by atoms with Gasteiger partial charge in [0.1, 0.15) is 23.2 Å². The molecule has 5 aromatic rings. The maximum atomic E-state index is 9.00. The molecule has 4 aromatic heterocycles. The largest absolute Gasteiger partial charge is 0.383 e. The number of nitrogens with two attached hydrogens (primary N) is 1. The van der Waals surface area contributed by atoms with E-state index in [9.17, 15) is 0 Å². The summed E-state index contributed by atoms with van der Waals surface area (Å²) >= 11 is 0. The van der Waals surface area contributed by atoms with Gasteiger partial charge in [0, 0.05) is 30.7 Å². The molecule has 0 amide bonds. The fourth-order valence-corrected chi connectivity index (χ4v) is 3.41. The Kier molecular flexibility index (Phi) is 4.86. The van der Waals surface area contributed by atoms with Gasteiger partial charge in [-0.15, -0.1) is 5.10 Å². The minimum absolute atomic E-state index is 0.408. The molecule has 9 nitrogen and oxygen atoms in total. The summed E-state index contributed by atoms with van der Waals surface area (Å²) < 4.78 is 1.97. The molecule has 1 aromatic carbocycles. The molecule has 0 radical (unpaired) electrons. The average molecular weight is 419 g/mol. The maximum absolute atomic E-state index is 9.00. The zero-order chi connectivity index (χ0) is 21.9. The fourth-order valence-electron chi connectivity index (χ4n) is 3.41. The Balaban J connectivity index is 1.49. The van der Waals surface area contributed by atoms with Crippen LogP contribution >= 0.6 is 0 Å². The van der Waals surface area contributed by atoms with Gasteiger partial charge in [0.05, 0.1) is 17.3 Å². The van der Waals surface area contributed by atoms with Crippen molar-refractivity contribution in [2.24, 2.45) is 0 Å². The average Bonchev–Trinajstić information content (AvgIpc) is 3.23. The van der Waals surface area contributed by atoms with Crippen LogP contribution in [0.2, 0.25) is 0 Å². The first-order chi connectivity index (χ1) is 15.7. The minimum atomic E-state index is 0.408. The zero-order valence-corrected chi connectivity index (χ0v) is 16.8. The Bertz CT molecular complexity index is 1450. The standard InChI is InChI=1S/C23H17N9/c24-12-16-11-20(31-29-14-16)28-13-15-5-7-17(8-6-15)32-22(18-3-1-9-26-21(18)25)30-19-4-2-10-27-23(19)32/h1-11,14H,13H2,(H2,25,26)(H,28,31). The SMILES string of the molecule is N#Cc1cnnc(NCc2ccc(-n3c(-c4cccnc4N)nc4cccnc43)cc2)c1. The number of aromatic nitrogens is 6. The summed E-state index contributed by atoms with van der Waals surface area (Å²) in [5.74, 6) is 1.64. The highest BCUT2D eigenvalue weighted by molar-refractivity contribution is 5.82. The molecule has 9 heteroatoms. The smallest absolute Gasteiger partial charge is 0.164 e. The Labute approximate surface area is 183 Å². The summed E-state index contributed by atoms with van der Waals surface area (Å²) in [6.07, 6.45) is 4.82. The number of nitriles is 1. The second-order valence-corrected chi connectivity index (χ2v) is 7.01. The van der Waals surface area contributed by atoms with Gasteiger partial charge in [-0.3, -0.25) is 4.57 Å². The third kappa shape index (κ3) is 3.57. The van der Waals surface area contributed by atoms with Crippen molar-refractivity contribution in [3.8, 4) is 23.1 Å². The molecule has 4 heterocycles. The lowest BCUT2D eigenvalue weighted by Crippen LogP contribution is -2.04. The molecular weight excluding hydrogens is 402 g/mol. The van der Waals surface area contributed by atoms with Gasteiger partial charge in [-0.05, 0) is 42.0 Å². The number of fused-ring (bicyclic) bond motifs is 1. The Morgan fingerprint density at radius 1 is 1.03 bits per heavy atom. The van der Waals surface area contributed by atoms with Gasteiger partial charge in [-0.2, -0.15) is 10.4 Å². The lowest BCUT2D eigenvalue weighted by Gasteiger charge is -2.11. The number of pyridine rings is 2. The summed E-state index contributed by atoms with van der Waals surface area (Å²) in [6, 6.07) is 19.2. The molecule has 0 atom stereocenters. The van der Waals surface area contributed by atoms with E-state index in [0.29, 0.717) is 29.6 Å². The van der Waals surface area contributed by atoms with Crippen molar-refractivity contribution in [3.05, 3.63) is 84.3 Å². The van der Waals surface area contributed by atoms with Gasteiger partial charge in [-0.25, -0.2) is 15.0 Å². The molecule has 0 fully saturated rings. The molecule has 0 bridgehead atoms. The van der Waals surface area contributed by atoms with E-state index in [1.165, 1.54) is 6.20 Å². The number of rotatable bonds is 5. The molecule has 0 spiro atoms. The van der Waals surface area contributed by atoms with Gasteiger partial charge in [0.25, 0.3) is 0 Å². The monoisotopic (exact) mass is 419 g/mol. The molecule has 3 N–H and O–H groups in total. The van der Waals surface area contributed by atoms with Gasteiger partial charge in [0.15, 0.2) is 11.5 Å².